The Bertz CT molecular complexity index is 1330. The monoisotopic (exact) mass is 471 g/mol. The predicted octanol–water partition coefficient (Wildman–Crippen LogP) is 5.89. The maximum absolute atomic E-state index is 13.6. The van der Waals surface area contributed by atoms with Gasteiger partial charge in [0.05, 0.1) is 5.56 Å². The summed E-state index contributed by atoms with van der Waals surface area (Å²) < 4.78 is 0.915. The van der Waals surface area contributed by atoms with E-state index in [1.807, 2.05) is 60.7 Å². The molecule has 1 aliphatic rings. The van der Waals surface area contributed by atoms with Crippen LogP contribution in [0.4, 0.5) is 5.69 Å². The number of fused-ring (bicyclic) bond motifs is 3. The number of ketones is 1. The van der Waals surface area contributed by atoms with E-state index in [0.29, 0.717) is 5.69 Å². The molecule has 4 nitrogen and oxygen atoms in total. The lowest BCUT2D eigenvalue weighted by molar-refractivity contribution is -0.119. The van der Waals surface area contributed by atoms with E-state index in [9.17, 15) is 14.7 Å². The summed E-state index contributed by atoms with van der Waals surface area (Å²) in [6, 6.07) is 25.9. The van der Waals surface area contributed by atoms with E-state index in [2.05, 4.69) is 21.2 Å². The number of aromatic hydroxyl groups is 1. The number of para-hydroxylation sites is 1. The van der Waals surface area contributed by atoms with Crippen molar-refractivity contribution in [3.05, 3.63) is 106 Å². The number of benzene rings is 4. The molecule has 2 atom stereocenters. The lowest BCUT2D eigenvalue weighted by atomic mass is 9.72. The van der Waals surface area contributed by atoms with Crippen molar-refractivity contribution in [3.63, 3.8) is 0 Å². The first-order valence-corrected chi connectivity index (χ1v) is 10.7. The Morgan fingerprint density at radius 3 is 2.35 bits per heavy atom. The van der Waals surface area contributed by atoms with Crippen molar-refractivity contribution in [2.75, 3.05) is 5.32 Å². The van der Waals surface area contributed by atoms with E-state index in [1.54, 1.807) is 18.2 Å². The lowest BCUT2D eigenvalue weighted by Gasteiger charge is -2.34. The van der Waals surface area contributed by atoms with Gasteiger partial charge in [-0.25, -0.2) is 0 Å². The molecule has 1 amide bonds. The topological polar surface area (TPSA) is 66.4 Å². The Morgan fingerprint density at radius 1 is 0.871 bits per heavy atom. The number of nitrogens with one attached hydrogen (secondary N) is 1. The molecule has 0 saturated heterocycles. The minimum atomic E-state index is -1.01. The third-order valence-electron chi connectivity index (χ3n) is 5.84. The third kappa shape index (κ3) is 3.31. The smallest absolute Gasteiger partial charge is 0.236 e. The van der Waals surface area contributed by atoms with Crippen LogP contribution in [0.25, 0.3) is 10.8 Å². The lowest BCUT2D eigenvalue weighted by Crippen LogP contribution is -2.39. The molecule has 0 fully saturated rings. The number of phenols is 1. The zero-order valence-electron chi connectivity index (χ0n) is 16.4. The molecule has 5 rings (SSSR count). The van der Waals surface area contributed by atoms with Gasteiger partial charge in [-0.1, -0.05) is 70.5 Å². The fourth-order valence-corrected chi connectivity index (χ4v) is 4.68. The first kappa shape index (κ1) is 19.5. The van der Waals surface area contributed by atoms with Gasteiger partial charge in [0.15, 0.2) is 5.78 Å². The molecule has 1 heterocycles. The second kappa shape index (κ2) is 7.67. The van der Waals surface area contributed by atoms with E-state index in [1.165, 1.54) is 6.07 Å². The molecule has 5 heteroatoms. The number of carbonyl (C=O) groups is 2. The summed E-state index contributed by atoms with van der Waals surface area (Å²) in [6.45, 7) is 0. The van der Waals surface area contributed by atoms with Crippen LogP contribution in [-0.4, -0.2) is 16.8 Å². The molecule has 2 unspecified atom stereocenters. The minimum absolute atomic E-state index is 0.126. The van der Waals surface area contributed by atoms with Crippen LogP contribution in [0.1, 0.15) is 27.4 Å². The highest BCUT2D eigenvalue weighted by atomic mass is 79.9. The van der Waals surface area contributed by atoms with Gasteiger partial charge >= 0.3 is 0 Å². The summed E-state index contributed by atoms with van der Waals surface area (Å²) in [5.74, 6) is -2.40. The predicted molar refractivity (Wildman–Crippen MR) is 124 cm³/mol. The number of hydrogen-bond donors (Lipinski definition) is 2. The highest BCUT2D eigenvalue weighted by Crippen LogP contribution is 2.46. The summed E-state index contributed by atoms with van der Waals surface area (Å²) in [5.41, 5.74) is 2.63. The minimum Gasteiger partial charge on any atom is -0.507 e. The molecule has 31 heavy (non-hydrogen) atoms. The number of carbonyl (C=O) groups excluding carboxylic acids is 2. The molecular weight excluding hydrogens is 454 g/mol. The molecule has 152 valence electrons. The van der Waals surface area contributed by atoms with Crippen molar-refractivity contribution in [2.24, 2.45) is 5.92 Å². The molecule has 4 aromatic carbocycles. The van der Waals surface area contributed by atoms with Gasteiger partial charge in [0.2, 0.25) is 5.91 Å². The fourth-order valence-electron chi connectivity index (χ4n) is 4.42. The average Bonchev–Trinajstić information content (AvgIpc) is 2.78. The standard InChI is InChI=1S/C26H18BrNO3/c27-17-12-9-16(10-13-17)22-23-18-6-2-1-5-15(18)11-14-20(23)28-26(31)24(22)25(30)19-7-3-4-8-21(19)29/h1-14,22,24,29H,(H,28,31). The maximum Gasteiger partial charge on any atom is 0.236 e. The summed E-state index contributed by atoms with van der Waals surface area (Å²) in [4.78, 5) is 26.8. The van der Waals surface area contributed by atoms with E-state index >= 15 is 0 Å². The first-order chi connectivity index (χ1) is 15.0. The molecule has 4 aromatic rings. The van der Waals surface area contributed by atoms with Crippen molar-refractivity contribution in [2.45, 2.75) is 5.92 Å². The number of halogens is 1. The summed E-state index contributed by atoms with van der Waals surface area (Å²) >= 11 is 3.46. The van der Waals surface area contributed by atoms with Crippen molar-refractivity contribution in [3.8, 4) is 5.75 Å². The first-order valence-electron chi connectivity index (χ1n) is 9.95. The van der Waals surface area contributed by atoms with Gasteiger partial charge < -0.3 is 10.4 Å². The van der Waals surface area contributed by atoms with E-state index in [4.69, 9.17) is 0 Å². The van der Waals surface area contributed by atoms with Crippen LogP contribution < -0.4 is 5.32 Å². The van der Waals surface area contributed by atoms with Crippen LogP contribution in [0.15, 0.2) is 89.4 Å². The molecular formula is C26H18BrNO3. The second-order valence-electron chi connectivity index (χ2n) is 7.63. The Morgan fingerprint density at radius 2 is 1.58 bits per heavy atom. The van der Waals surface area contributed by atoms with Gasteiger partial charge in [0.25, 0.3) is 0 Å². The van der Waals surface area contributed by atoms with Crippen LogP contribution in [0.2, 0.25) is 0 Å². The van der Waals surface area contributed by atoms with Crippen LogP contribution >= 0.6 is 15.9 Å². The molecule has 0 spiro atoms. The van der Waals surface area contributed by atoms with Crippen LogP contribution in [0.5, 0.6) is 5.75 Å². The van der Waals surface area contributed by atoms with Crippen LogP contribution in [0.3, 0.4) is 0 Å². The largest absolute Gasteiger partial charge is 0.507 e. The highest BCUT2D eigenvalue weighted by Gasteiger charge is 2.43. The van der Waals surface area contributed by atoms with Crippen molar-refractivity contribution < 1.29 is 14.7 Å². The summed E-state index contributed by atoms with van der Waals surface area (Å²) in [6.07, 6.45) is 0. The summed E-state index contributed by atoms with van der Waals surface area (Å²) in [7, 11) is 0. The number of amides is 1. The highest BCUT2D eigenvalue weighted by molar-refractivity contribution is 9.10. The number of hydrogen-bond acceptors (Lipinski definition) is 3. The molecule has 0 bridgehead atoms. The molecule has 0 aliphatic carbocycles. The van der Waals surface area contributed by atoms with Crippen molar-refractivity contribution >= 4 is 44.1 Å². The number of anilines is 1. The molecule has 2 N–H and O–H groups in total. The van der Waals surface area contributed by atoms with E-state index in [-0.39, 0.29) is 17.2 Å². The normalized spacial score (nSPS) is 17.8. The second-order valence-corrected chi connectivity index (χ2v) is 8.54. The molecule has 0 radical (unpaired) electrons. The Labute approximate surface area is 187 Å². The van der Waals surface area contributed by atoms with Gasteiger partial charge in [-0.05, 0) is 52.2 Å². The van der Waals surface area contributed by atoms with Gasteiger partial charge in [-0.3, -0.25) is 9.59 Å². The molecule has 0 aromatic heterocycles. The van der Waals surface area contributed by atoms with Crippen molar-refractivity contribution in [1.82, 2.24) is 0 Å². The third-order valence-corrected chi connectivity index (χ3v) is 6.37. The Kier molecular flexibility index (Phi) is 4.83. The zero-order chi connectivity index (χ0) is 21.5. The van der Waals surface area contributed by atoms with Crippen molar-refractivity contribution in [1.29, 1.82) is 0 Å². The molecule has 0 saturated carbocycles. The maximum atomic E-state index is 13.6. The van der Waals surface area contributed by atoms with Gasteiger partial charge in [0, 0.05) is 16.1 Å². The van der Waals surface area contributed by atoms with Crippen LogP contribution in [0, 0.1) is 5.92 Å². The Hall–Kier alpha value is -3.44. The Balaban J connectivity index is 1.77. The quantitative estimate of drug-likeness (QED) is 0.289. The van der Waals surface area contributed by atoms with E-state index in [0.717, 1.165) is 26.4 Å². The number of phenolic OH excluding ortho intramolecular Hbond substituents is 1. The van der Waals surface area contributed by atoms with Gasteiger partial charge in [-0.15, -0.1) is 0 Å². The number of Topliss-reactive ketones (excluding diaryl/α,β-unsaturated/α-hetero) is 1. The molecule has 1 aliphatic heterocycles. The SMILES string of the molecule is O=C1Nc2ccc3ccccc3c2C(c2ccc(Br)cc2)C1C(=O)c1ccccc1O. The van der Waals surface area contributed by atoms with Crippen LogP contribution in [-0.2, 0) is 4.79 Å². The van der Waals surface area contributed by atoms with Gasteiger partial charge in [0.1, 0.15) is 11.7 Å². The number of rotatable bonds is 3. The van der Waals surface area contributed by atoms with Gasteiger partial charge in [-0.2, -0.15) is 0 Å². The van der Waals surface area contributed by atoms with E-state index < -0.39 is 17.6 Å². The zero-order valence-corrected chi connectivity index (χ0v) is 18.0. The average molecular weight is 472 g/mol. The fraction of sp³-hybridized carbons (Fsp3) is 0.0769. The summed E-state index contributed by atoms with van der Waals surface area (Å²) in [5, 5.41) is 15.3.